The molecule has 0 rings (SSSR count). The summed E-state index contributed by atoms with van der Waals surface area (Å²) in [5.41, 5.74) is 0.0125. The quantitative estimate of drug-likeness (QED) is 0.576. The van der Waals surface area contributed by atoms with Gasteiger partial charge in [0.25, 0.3) is 0 Å². The normalized spacial score (nSPS) is 13.2. The molecule has 0 aliphatic rings. The standard InChI is InChI=1S/C9H13F3/c1-4-7(3)6-8(5-2)9(10,11)12/h6H,3-5H2,1-2H3/b8-6+. The zero-order chi connectivity index (χ0) is 9.78. The highest BCUT2D eigenvalue weighted by Crippen LogP contribution is 2.28. The highest BCUT2D eigenvalue weighted by Gasteiger charge is 2.31. The van der Waals surface area contributed by atoms with E-state index in [1.54, 1.807) is 6.92 Å². The fourth-order valence-corrected chi connectivity index (χ4v) is 0.733. The number of halogens is 3. The van der Waals surface area contributed by atoms with Crippen LogP contribution < -0.4 is 0 Å². The molecule has 0 nitrogen and oxygen atoms in total. The molecule has 0 fully saturated rings. The Kier molecular flexibility index (Phi) is 4.07. The third kappa shape index (κ3) is 3.60. The number of alkyl halides is 3. The van der Waals surface area contributed by atoms with Crippen molar-refractivity contribution in [2.75, 3.05) is 0 Å². The van der Waals surface area contributed by atoms with Crippen LogP contribution in [0.2, 0.25) is 0 Å². The summed E-state index contributed by atoms with van der Waals surface area (Å²) in [5, 5.41) is 0. The maximum Gasteiger partial charge on any atom is 0.412 e. The lowest BCUT2D eigenvalue weighted by molar-refractivity contribution is -0.0935. The maximum absolute atomic E-state index is 12.1. The van der Waals surface area contributed by atoms with E-state index in [0.29, 0.717) is 12.0 Å². The van der Waals surface area contributed by atoms with E-state index < -0.39 is 11.7 Å². The molecule has 0 unspecified atom stereocenters. The average molecular weight is 178 g/mol. The Morgan fingerprint density at radius 2 is 1.75 bits per heavy atom. The largest absolute Gasteiger partial charge is 0.412 e. The van der Waals surface area contributed by atoms with E-state index in [1.807, 2.05) is 0 Å². The molecule has 0 heterocycles. The zero-order valence-electron chi connectivity index (χ0n) is 7.33. The van der Waals surface area contributed by atoms with Crippen LogP contribution in [0, 0.1) is 0 Å². The van der Waals surface area contributed by atoms with Crippen molar-refractivity contribution >= 4 is 0 Å². The molecular weight excluding hydrogens is 165 g/mol. The first-order valence-electron chi connectivity index (χ1n) is 3.87. The van der Waals surface area contributed by atoms with E-state index in [0.717, 1.165) is 6.08 Å². The van der Waals surface area contributed by atoms with Gasteiger partial charge in [-0.15, -0.1) is 0 Å². The first-order valence-corrected chi connectivity index (χ1v) is 3.87. The molecule has 0 saturated heterocycles. The Labute approximate surface area is 70.8 Å². The van der Waals surface area contributed by atoms with Crippen LogP contribution in [-0.2, 0) is 0 Å². The minimum absolute atomic E-state index is 0.00250. The van der Waals surface area contributed by atoms with Crippen LogP contribution in [0.4, 0.5) is 13.2 Å². The Balaban J connectivity index is 4.55. The third-order valence-electron chi connectivity index (χ3n) is 1.58. The van der Waals surface area contributed by atoms with Crippen molar-refractivity contribution < 1.29 is 13.2 Å². The minimum atomic E-state index is -4.20. The van der Waals surface area contributed by atoms with Crippen molar-refractivity contribution in [2.45, 2.75) is 32.9 Å². The van der Waals surface area contributed by atoms with Crippen molar-refractivity contribution in [1.29, 1.82) is 0 Å². The van der Waals surface area contributed by atoms with Gasteiger partial charge in [0.05, 0.1) is 0 Å². The van der Waals surface area contributed by atoms with Crippen molar-refractivity contribution in [3.8, 4) is 0 Å². The van der Waals surface area contributed by atoms with E-state index in [9.17, 15) is 13.2 Å². The number of rotatable bonds is 3. The number of hydrogen-bond acceptors (Lipinski definition) is 0. The van der Waals surface area contributed by atoms with Gasteiger partial charge in [0.15, 0.2) is 0 Å². The van der Waals surface area contributed by atoms with Gasteiger partial charge in [-0.05, 0) is 12.8 Å². The highest BCUT2D eigenvalue weighted by molar-refractivity contribution is 5.23. The molecule has 0 amide bonds. The van der Waals surface area contributed by atoms with Crippen LogP contribution in [-0.4, -0.2) is 6.18 Å². The van der Waals surface area contributed by atoms with Gasteiger partial charge in [0.1, 0.15) is 0 Å². The maximum atomic E-state index is 12.1. The second-order valence-electron chi connectivity index (χ2n) is 2.53. The molecule has 0 saturated carbocycles. The Morgan fingerprint density at radius 1 is 1.25 bits per heavy atom. The monoisotopic (exact) mass is 178 g/mol. The van der Waals surface area contributed by atoms with Gasteiger partial charge < -0.3 is 0 Å². The molecule has 0 radical (unpaired) electrons. The second kappa shape index (κ2) is 4.33. The average Bonchev–Trinajstić information content (AvgIpc) is 1.97. The Morgan fingerprint density at radius 3 is 2.00 bits per heavy atom. The Bertz CT molecular complexity index is 186. The fourth-order valence-electron chi connectivity index (χ4n) is 0.733. The summed E-state index contributed by atoms with van der Waals surface area (Å²) < 4.78 is 36.3. The predicted octanol–water partition coefficient (Wildman–Crippen LogP) is 3.85. The zero-order valence-corrected chi connectivity index (χ0v) is 7.33. The van der Waals surface area contributed by atoms with Crippen LogP contribution in [0.25, 0.3) is 0 Å². The summed E-state index contributed by atoms with van der Waals surface area (Å²) in [5.74, 6) is 0. The SMILES string of the molecule is C=C(/C=C(\CC)C(F)(F)F)CC. The van der Waals surface area contributed by atoms with Crippen molar-refractivity contribution in [3.05, 3.63) is 23.8 Å². The lowest BCUT2D eigenvalue weighted by Gasteiger charge is -2.09. The lowest BCUT2D eigenvalue weighted by atomic mass is 10.1. The predicted molar refractivity (Wildman–Crippen MR) is 43.9 cm³/mol. The van der Waals surface area contributed by atoms with Crippen LogP contribution in [0.15, 0.2) is 23.8 Å². The van der Waals surface area contributed by atoms with Crippen molar-refractivity contribution in [2.24, 2.45) is 0 Å². The van der Waals surface area contributed by atoms with Crippen molar-refractivity contribution in [1.82, 2.24) is 0 Å². The summed E-state index contributed by atoms with van der Waals surface area (Å²) in [6.45, 7) is 6.77. The highest BCUT2D eigenvalue weighted by atomic mass is 19.4. The molecule has 0 aromatic carbocycles. The summed E-state index contributed by atoms with van der Waals surface area (Å²) in [4.78, 5) is 0. The van der Waals surface area contributed by atoms with Gasteiger partial charge in [0, 0.05) is 5.57 Å². The van der Waals surface area contributed by atoms with E-state index in [2.05, 4.69) is 6.58 Å². The molecule has 0 aromatic heterocycles. The van der Waals surface area contributed by atoms with Gasteiger partial charge in [0.2, 0.25) is 0 Å². The van der Waals surface area contributed by atoms with Crippen LogP contribution in [0.1, 0.15) is 26.7 Å². The van der Waals surface area contributed by atoms with Gasteiger partial charge in [-0.1, -0.05) is 32.1 Å². The van der Waals surface area contributed by atoms with Crippen LogP contribution >= 0.6 is 0 Å². The molecule has 0 aliphatic heterocycles. The molecule has 0 aromatic rings. The molecule has 70 valence electrons. The van der Waals surface area contributed by atoms with E-state index in [-0.39, 0.29) is 6.42 Å². The number of allylic oxidation sites excluding steroid dienone is 3. The fraction of sp³-hybridized carbons (Fsp3) is 0.556. The Hall–Kier alpha value is -0.730. The van der Waals surface area contributed by atoms with Gasteiger partial charge in [-0.25, -0.2) is 0 Å². The summed E-state index contributed by atoms with van der Waals surface area (Å²) >= 11 is 0. The van der Waals surface area contributed by atoms with Crippen molar-refractivity contribution in [3.63, 3.8) is 0 Å². The topological polar surface area (TPSA) is 0 Å². The summed E-state index contributed by atoms with van der Waals surface area (Å²) in [7, 11) is 0. The molecule has 12 heavy (non-hydrogen) atoms. The van der Waals surface area contributed by atoms with E-state index in [4.69, 9.17) is 0 Å². The second-order valence-corrected chi connectivity index (χ2v) is 2.53. The van der Waals surface area contributed by atoms with Gasteiger partial charge in [-0.2, -0.15) is 13.2 Å². The molecule has 3 heteroatoms. The molecule has 0 atom stereocenters. The number of hydrogen-bond donors (Lipinski definition) is 0. The molecule has 0 spiro atoms. The summed E-state index contributed by atoms with van der Waals surface area (Å²) in [6, 6.07) is 0. The molecular formula is C9H13F3. The smallest absolute Gasteiger partial charge is 0.166 e. The molecule has 0 bridgehead atoms. The van der Waals surface area contributed by atoms with Crippen LogP contribution in [0.3, 0.4) is 0 Å². The van der Waals surface area contributed by atoms with Gasteiger partial charge >= 0.3 is 6.18 Å². The van der Waals surface area contributed by atoms with E-state index in [1.165, 1.54) is 6.92 Å². The molecule has 0 aliphatic carbocycles. The first-order chi connectivity index (χ1) is 5.41. The summed E-state index contributed by atoms with van der Waals surface area (Å²) in [6.07, 6.45) is -2.52. The lowest BCUT2D eigenvalue weighted by Crippen LogP contribution is -2.11. The first kappa shape index (κ1) is 11.3. The third-order valence-corrected chi connectivity index (χ3v) is 1.58. The molecule has 0 N–H and O–H groups in total. The van der Waals surface area contributed by atoms with Crippen LogP contribution in [0.5, 0.6) is 0 Å². The van der Waals surface area contributed by atoms with Gasteiger partial charge in [-0.3, -0.25) is 0 Å². The van der Waals surface area contributed by atoms with E-state index >= 15 is 0 Å². The minimum Gasteiger partial charge on any atom is -0.166 e.